The molecule has 9 nitrogen and oxygen atoms in total. The minimum Gasteiger partial charge on any atom is -0.444 e. The van der Waals surface area contributed by atoms with Crippen molar-refractivity contribution in [1.82, 2.24) is 20.9 Å². The standard InChI is InChI=1S/C29H44N4O5/c1-18(16-31-26(35)37-28(2,3)4)22(33-27(36)38-29(5,6)7)17-30-25(34)24-23(19-12-8-9-13-19)20-14-10-11-15-21(20)32-24/h10-11,14-15,18-19,22,32H,8-9,12-13,16-17H2,1-7H3,(H,30,34)(H,31,35)(H,33,36)/t18?,22-/m1/s1. The largest absolute Gasteiger partial charge is 0.444 e. The Labute approximate surface area is 225 Å². The second-order valence-corrected chi connectivity index (χ2v) is 12.3. The van der Waals surface area contributed by atoms with Gasteiger partial charge in [-0.2, -0.15) is 0 Å². The van der Waals surface area contributed by atoms with E-state index < -0.39 is 29.4 Å². The molecular formula is C29H44N4O5. The Bertz CT molecular complexity index is 1120. The van der Waals surface area contributed by atoms with E-state index in [4.69, 9.17) is 9.47 Å². The van der Waals surface area contributed by atoms with Crippen LogP contribution >= 0.6 is 0 Å². The summed E-state index contributed by atoms with van der Waals surface area (Å²) in [5, 5.41) is 9.72. The van der Waals surface area contributed by atoms with Gasteiger partial charge in [-0.25, -0.2) is 9.59 Å². The normalized spacial score (nSPS) is 16.1. The molecule has 1 fully saturated rings. The molecule has 3 rings (SSSR count). The molecule has 0 aliphatic heterocycles. The topological polar surface area (TPSA) is 122 Å². The van der Waals surface area contributed by atoms with E-state index in [0.717, 1.165) is 42.1 Å². The number of fused-ring (bicyclic) bond motifs is 1. The number of benzene rings is 1. The van der Waals surface area contributed by atoms with Gasteiger partial charge in [-0.05, 0) is 77.8 Å². The fourth-order valence-electron chi connectivity index (χ4n) is 4.83. The third-order valence-electron chi connectivity index (χ3n) is 6.58. The zero-order valence-electron chi connectivity index (χ0n) is 23.8. The minimum absolute atomic E-state index is 0.161. The molecule has 0 radical (unpaired) electrons. The quantitative estimate of drug-likeness (QED) is 0.355. The molecule has 1 saturated carbocycles. The lowest BCUT2D eigenvalue weighted by atomic mass is 9.94. The highest BCUT2D eigenvalue weighted by atomic mass is 16.6. The van der Waals surface area contributed by atoms with Crippen LogP contribution in [0.3, 0.4) is 0 Å². The highest BCUT2D eigenvalue weighted by Gasteiger charge is 2.29. The van der Waals surface area contributed by atoms with Gasteiger partial charge in [0.1, 0.15) is 16.9 Å². The Balaban J connectivity index is 1.74. The molecule has 0 bridgehead atoms. The number of H-pyrrole nitrogens is 1. The summed E-state index contributed by atoms with van der Waals surface area (Å²) >= 11 is 0. The summed E-state index contributed by atoms with van der Waals surface area (Å²) in [6.07, 6.45) is 3.34. The summed E-state index contributed by atoms with van der Waals surface area (Å²) in [7, 11) is 0. The highest BCUT2D eigenvalue weighted by Crippen LogP contribution is 2.39. The number of nitrogens with one attached hydrogen (secondary N) is 4. The lowest BCUT2D eigenvalue weighted by Crippen LogP contribution is -2.51. The Hall–Kier alpha value is -3.23. The molecule has 38 heavy (non-hydrogen) atoms. The van der Waals surface area contributed by atoms with E-state index in [9.17, 15) is 14.4 Å². The van der Waals surface area contributed by atoms with Crippen LogP contribution in [0.4, 0.5) is 9.59 Å². The monoisotopic (exact) mass is 528 g/mol. The molecule has 1 aromatic carbocycles. The van der Waals surface area contributed by atoms with Crippen molar-refractivity contribution in [2.45, 2.75) is 97.3 Å². The predicted molar refractivity (Wildman–Crippen MR) is 148 cm³/mol. The van der Waals surface area contributed by atoms with Crippen molar-refractivity contribution in [3.63, 3.8) is 0 Å². The second-order valence-electron chi connectivity index (χ2n) is 12.3. The van der Waals surface area contributed by atoms with Crippen LogP contribution < -0.4 is 16.0 Å². The molecule has 9 heteroatoms. The van der Waals surface area contributed by atoms with Gasteiger partial charge in [0.05, 0.1) is 6.04 Å². The van der Waals surface area contributed by atoms with Gasteiger partial charge in [0.25, 0.3) is 5.91 Å². The van der Waals surface area contributed by atoms with Crippen LogP contribution in [0.5, 0.6) is 0 Å². The van der Waals surface area contributed by atoms with Gasteiger partial charge in [0.15, 0.2) is 0 Å². The summed E-state index contributed by atoms with van der Waals surface area (Å²) < 4.78 is 10.8. The van der Waals surface area contributed by atoms with E-state index in [1.54, 1.807) is 41.5 Å². The summed E-state index contributed by atoms with van der Waals surface area (Å²) in [5.41, 5.74) is 1.31. The van der Waals surface area contributed by atoms with E-state index in [1.807, 2.05) is 25.1 Å². The number of carbonyl (C=O) groups excluding carboxylic acids is 3. The molecular weight excluding hydrogens is 484 g/mol. The maximum atomic E-state index is 13.5. The van der Waals surface area contributed by atoms with Gasteiger partial charge < -0.3 is 30.4 Å². The zero-order valence-corrected chi connectivity index (χ0v) is 23.8. The van der Waals surface area contributed by atoms with E-state index in [-0.39, 0.29) is 24.9 Å². The molecule has 2 atom stereocenters. The number of carbonyl (C=O) groups is 3. The summed E-state index contributed by atoms with van der Waals surface area (Å²) in [6.45, 7) is 13.0. The fourth-order valence-corrected chi connectivity index (χ4v) is 4.83. The number of rotatable bonds is 8. The number of ether oxygens (including phenoxy) is 2. The maximum Gasteiger partial charge on any atom is 0.407 e. The molecule has 1 aliphatic carbocycles. The van der Waals surface area contributed by atoms with E-state index >= 15 is 0 Å². The van der Waals surface area contributed by atoms with Gasteiger partial charge in [0, 0.05) is 24.0 Å². The molecule has 1 aromatic heterocycles. The fraction of sp³-hybridized carbons (Fsp3) is 0.621. The Morgan fingerprint density at radius 3 is 2.16 bits per heavy atom. The lowest BCUT2D eigenvalue weighted by Gasteiger charge is -2.28. The number of para-hydroxylation sites is 1. The van der Waals surface area contributed by atoms with Crippen LogP contribution in [0.1, 0.15) is 96.1 Å². The van der Waals surface area contributed by atoms with Crippen molar-refractivity contribution < 1.29 is 23.9 Å². The summed E-state index contributed by atoms with van der Waals surface area (Å²) in [5.74, 6) is -0.0988. The Morgan fingerprint density at radius 1 is 0.921 bits per heavy atom. The summed E-state index contributed by atoms with van der Waals surface area (Å²) in [6, 6.07) is 7.51. The molecule has 1 aliphatic rings. The third-order valence-corrected chi connectivity index (χ3v) is 6.58. The van der Waals surface area contributed by atoms with Gasteiger partial charge in [0.2, 0.25) is 0 Å². The molecule has 0 saturated heterocycles. The molecule has 1 heterocycles. The van der Waals surface area contributed by atoms with Crippen molar-refractivity contribution in [2.75, 3.05) is 13.1 Å². The zero-order chi connectivity index (χ0) is 28.1. The van der Waals surface area contributed by atoms with Gasteiger partial charge in [-0.1, -0.05) is 38.0 Å². The number of alkyl carbamates (subject to hydrolysis) is 2. The SMILES string of the molecule is CC(CNC(=O)OC(C)(C)C)[C@@H](CNC(=O)c1[nH]c2ccccc2c1C1CCCC1)NC(=O)OC(C)(C)C. The predicted octanol–water partition coefficient (Wildman–Crippen LogP) is 5.61. The molecule has 0 spiro atoms. The number of aromatic nitrogens is 1. The first kappa shape index (κ1) is 29.3. The third kappa shape index (κ3) is 8.39. The molecule has 1 unspecified atom stereocenters. The van der Waals surface area contributed by atoms with Gasteiger partial charge in [-0.3, -0.25) is 4.79 Å². The van der Waals surface area contributed by atoms with Crippen molar-refractivity contribution in [3.8, 4) is 0 Å². The molecule has 2 aromatic rings. The number of hydrogen-bond donors (Lipinski definition) is 4. The highest BCUT2D eigenvalue weighted by molar-refractivity contribution is 6.01. The van der Waals surface area contributed by atoms with Crippen molar-refractivity contribution in [2.24, 2.45) is 5.92 Å². The Morgan fingerprint density at radius 2 is 1.53 bits per heavy atom. The molecule has 4 N–H and O–H groups in total. The first-order valence-electron chi connectivity index (χ1n) is 13.6. The van der Waals surface area contributed by atoms with Crippen LogP contribution in [0.2, 0.25) is 0 Å². The first-order valence-corrected chi connectivity index (χ1v) is 13.6. The van der Waals surface area contributed by atoms with E-state index in [0.29, 0.717) is 11.6 Å². The van der Waals surface area contributed by atoms with E-state index in [1.165, 1.54) is 0 Å². The number of aromatic amines is 1. The van der Waals surface area contributed by atoms with Crippen molar-refractivity contribution in [1.29, 1.82) is 0 Å². The van der Waals surface area contributed by atoms with E-state index in [2.05, 4.69) is 27.0 Å². The second kappa shape index (κ2) is 12.1. The number of hydrogen-bond acceptors (Lipinski definition) is 5. The number of amides is 3. The van der Waals surface area contributed by atoms with Crippen LogP contribution in [-0.2, 0) is 9.47 Å². The van der Waals surface area contributed by atoms with Crippen LogP contribution in [-0.4, -0.2) is 53.4 Å². The van der Waals surface area contributed by atoms with Gasteiger partial charge >= 0.3 is 12.2 Å². The van der Waals surface area contributed by atoms with Crippen LogP contribution in [0.25, 0.3) is 10.9 Å². The van der Waals surface area contributed by atoms with Crippen molar-refractivity contribution in [3.05, 3.63) is 35.5 Å². The van der Waals surface area contributed by atoms with Crippen LogP contribution in [0, 0.1) is 5.92 Å². The van der Waals surface area contributed by atoms with Crippen molar-refractivity contribution >= 4 is 29.0 Å². The average molecular weight is 529 g/mol. The Kier molecular flexibility index (Phi) is 9.33. The summed E-state index contributed by atoms with van der Waals surface area (Å²) in [4.78, 5) is 41.6. The first-order chi connectivity index (χ1) is 17.7. The smallest absolute Gasteiger partial charge is 0.407 e. The molecule has 3 amide bonds. The molecule has 210 valence electrons. The lowest BCUT2D eigenvalue weighted by molar-refractivity contribution is 0.0476. The maximum absolute atomic E-state index is 13.5. The van der Waals surface area contributed by atoms with Crippen LogP contribution in [0.15, 0.2) is 24.3 Å². The average Bonchev–Trinajstić information content (AvgIpc) is 3.45. The van der Waals surface area contributed by atoms with Gasteiger partial charge in [-0.15, -0.1) is 0 Å². The minimum atomic E-state index is -0.670.